The highest BCUT2D eigenvalue weighted by atomic mass is 16.5. The molecule has 0 atom stereocenters. The molecule has 0 unspecified atom stereocenters. The summed E-state index contributed by atoms with van der Waals surface area (Å²) in [6, 6.07) is 11.9. The summed E-state index contributed by atoms with van der Waals surface area (Å²) in [4.78, 5) is 24.4. The summed E-state index contributed by atoms with van der Waals surface area (Å²) >= 11 is 0. The van der Waals surface area contributed by atoms with Gasteiger partial charge < -0.3 is 9.42 Å². The van der Waals surface area contributed by atoms with Gasteiger partial charge in [-0.15, -0.1) is 0 Å². The molecule has 162 valence electrons. The highest BCUT2D eigenvalue weighted by Gasteiger charge is 2.29. The third-order valence-electron chi connectivity index (χ3n) is 5.82. The first kappa shape index (κ1) is 21.2. The lowest BCUT2D eigenvalue weighted by Crippen LogP contribution is -2.39. The van der Waals surface area contributed by atoms with Crippen LogP contribution in [0.3, 0.4) is 0 Å². The second-order valence-electron chi connectivity index (χ2n) is 9.39. The quantitative estimate of drug-likeness (QED) is 0.615. The zero-order chi connectivity index (χ0) is 22.0. The van der Waals surface area contributed by atoms with E-state index in [4.69, 9.17) is 9.51 Å². The fourth-order valence-corrected chi connectivity index (χ4v) is 4.03. The number of carbonyl (C=O) groups excluding carboxylic acids is 1. The van der Waals surface area contributed by atoms with Crippen LogP contribution in [0.25, 0.3) is 11.3 Å². The first-order valence-electron chi connectivity index (χ1n) is 10.9. The minimum absolute atomic E-state index is 0.142. The second-order valence-corrected chi connectivity index (χ2v) is 9.39. The van der Waals surface area contributed by atoms with Crippen LogP contribution >= 0.6 is 0 Å². The molecule has 1 aromatic carbocycles. The van der Waals surface area contributed by atoms with E-state index in [1.165, 1.54) is 0 Å². The van der Waals surface area contributed by atoms with Gasteiger partial charge in [0.25, 0.3) is 0 Å². The Labute approximate surface area is 183 Å². The van der Waals surface area contributed by atoms with Gasteiger partial charge in [0.1, 0.15) is 5.82 Å². The van der Waals surface area contributed by atoms with Crippen molar-refractivity contribution >= 4 is 5.91 Å². The first-order chi connectivity index (χ1) is 14.8. The molecular weight excluding hydrogens is 388 g/mol. The second kappa shape index (κ2) is 8.61. The van der Waals surface area contributed by atoms with Crippen LogP contribution in [0.15, 0.2) is 47.1 Å². The number of hydrogen-bond donors (Lipinski definition) is 0. The molecule has 6 nitrogen and oxygen atoms in total. The number of aromatic nitrogens is 3. The normalized spacial score (nSPS) is 15.3. The van der Waals surface area contributed by atoms with Gasteiger partial charge >= 0.3 is 0 Å². The molecule has 1 aliphatic heterocycles. The summed E-state index contributed by atoms with van der Waals surface area (Å²) in [5, 5.41) is 4.04. The van der Waals surface area contributed by atoms with Gasteiger partial charge in [0.15, 0.2) is 5.76 Å². The highest BCUT2D eigenvalue weighted by Crippen LogP contribution is 2.35. The number of nitrogens with zero attached hydrogens (tertiary/aromatic N) is 4. The topological polar surface area (TPSA) is 72.1 Å². The number of carbonyl (C=O) groups is 1. The number of rotatable bonds is 4. The maximum absolute atomic E-state index is 12.8. The number of benzene rings is 1. The lowest BCUT2D eigenvalue weighted by atomic mass is 9.88. The van der Waals surface area contributed by atoms with Gasteiger partial charge in [0.05, 0.1) is 23.4 Å². The third-order valence-corrected chi connectivity index (χ3v) is 5.82. The Hall–Kier alpha value is -3.02. The average molecular weight is 419 g/mol. The van der Waals surface area contributed by atoms with Crippen molar-refractivity contribution in [3.05, 3.63) is 65.4 Å². The van der Waals surface area contributed by atoms with E-state index >= 15 is 0 Å². The molecular formula is C25H30N4O2. The van der Waals surface area contributed by atoms with Crippen LogP contribution in [0.1, 0.15) is 62.3 Å². The summed E-state index contributed by atoms with van der Waals surface area (Å²) in [6.45, 7) is 9.74. The molecule has 0 N–H and O–H groups in total. The van der Waals surface area contributed by atoms with E-state index in [0.717, 1.165) is 54.3 Å². The van der Waals surface area contributed by atoms with E-state index in [2.05, 4.69) is 30.9 Å². The molecule has 31 heavy (non-hydrogen) atoms. The van der Waals surface area contributed by atoms with Gasteiger partial charge in [-0.05, 0) is 25.3 Å². The summed E-state index contributed by atoms with van der Waals surface area (Å²) in [6.07, 6.45) is 4.08. The molecule has 2 aromatic heterocycles. The van der Waals surface area contributed by atoms with E-state index in [1.54, 1.807) is 0 Å². The van der Waals surface area contributed by atoms with Crippen molar-refractivity contribution in [2.45, 2.75) is 58.3 Å². The zero-order valence-corrected chi connectivity index (χ0v) is 18.8. The standard InChI is InChI=1S/C25H30N4O2/c1-17-14-21(31-28-17)20-16-26-24(25(2,3)4)27-23(20)19-10-12-29(13-11-19)22(30)15-18-8-6-5-7-9-18/h5-9,14,16,19H,10-13,15H2,1-4H3. The molecule has 0 spiro atoms. The molecule has 0 radical (unpaired) electrons. The summed E-state index contributed by atoms with van der Waals surface area (Å²) < 4.78 is 5.54. The SMILES string of the molecule is Cc1cc(-c2cnc(C(C)(C)C)nc2C2CCN(C(=O)Cc3ccccc3)CC2)on1. The van der Waals surface area contributed by atoms with E-state index in [-0.39, 0.29) is 17.2 Å². The minimum Gasteiger partial charge on any atom is -0.356 e. The number of aryl methyl sites for hydroxylation is 1. The Balaban J connectivity index is 1.53. The lowest BCUT2D eigenvalue weighted by molar-refractivity contribution is -0.131. The smallest absolute Gasteiger partial charge is 0.226 e. The van der Waals surface area contributed by atoms with Crippen molar-refractivity contribution in [1.29, 1.82) is 0 Å². The predicted octanol–water partition coefficient (Wildman–Crippen LogP) is 4.69. The van der Waals surface area contributed by atoms with Gasteiger partial charge in [-0.1, -0.05) is 56.3 Å². The van der Waals surface area contributed by atoms with Gasteiger partial charge in [0.2, 0.25) is 5.91 Å². The highest BCUT2D eigenvalue weighted by molar-refractivity contribution is 5.78. The Morgan fingerprint density at radius 1 is 1.16 bits per heavy atom. The van der Waals surface area contributed by atoms with Gasteiger partial charge in [-0.2, -0.15) is 0 Å². The fourth-order valence-electron chi connectivity index (χ4n) is 4.03. The molecule has 0 aliphatic carbocycles. The number of amides is 1. The van der Waals surface area contributed by atoms with Crippen molar-refractivity contribution in [2.75, 3.05) is 13.1 Å². The van der Waals surface area contributed by atoms with Crippen LogP contribution in [-0.4, -0.2) is 39.0 Å². The average Bonchev–Trinajstić information content (AvgIpc) is 3.19. The van der Waals surface area contributed by atoms with Crippen LogP contribution in [-0.2, 0) is 16.6 Å². The Kier molecular flexibility index (Phi) is 5.90. The third kappa shape index (κ3) is 4.84. The maximum Gasteiger partial charge on any atom is 0.226 e. The molecule has 4 rings (SSSR count). The van der Waals surface area contributed by atoms with Crippen LogP contribution in [0.2, 0.25) is 0 Å². The molecule has 3 aromatic rings. The molecule has 6 heteroatoms. The Bertz CT molecular complexity index is 1040. The van der Waals surface area contributed by atoms with E-state index in [0.29, 0.717) is 12.2 Å². The van der Waals surface area contributed by atoms with Crippen molar-refractivity contribution in [3.63, 3.8) is 0 Å². The number of piperidine rings is 1. The predicted molar refractivity (Wildman–Crippen MR) is 120 cm³/mol. The van der Waals surface area contributed by atoms with E-state index in [1.807, 2.05) is 54.4 Å². The van der Waals surface area contributed by atoms with E-state index < -0.39 is 0 Å². The molecule has 1 amide bonds. The van der Waals surface area contributed by atoms with Crippen LogP contribution < -0.4 is 0 Å². The van der Waals surface area contributed by atoms with Gasteiger partial charge in [-0.3, -0.25) is 4.79 Å². The van der Waals surface area contributed by atoms with Crippen LogP contribution in [0.5, 0.6) is 0 Å². The summed E-state index contributed by atoms with van der Waals surface area (Å²) in [5.41, 5.74) is 3.66. The molecule has 3 heterocycles. The van der Waals surface area contributed by atoms with Crippen molar-refractivity contribution < 1.29 is 9.32 Å². The molecule has 1 saturated heterocycles. The van der Waals surface area contributed by atoms with Crippen molar-refractivity contribution in [2.24, 2.45) is 0 Å². The molecule has 1 fully saturated rings. The lowest BCUT2D eigenvalue weighted by Gasteiger charge is -2.33. The Morgan fingerprint density at radius 3 is 2.48 bits per heavy atom. The summed E-state index contributed by atoms with van der Waals surface area (Å²) in [7, 11) is 0. The van der Waals surface area contributed by atoms with Crippen molar-refractivity contribution in [1.82, 2.24) is 20.0 Å². The van der Waals surface area contributed by atoms with E-state index in [9.17, 15) is 4.79 Å². The largest absolute Gasteiger partial charge is 0.356 e. The monoisotopic (exact) mass is 418 g/mol. The fraction of sp³-hybridized carbons (Fsp3) is 0.440. The number of likely N-dealkylation sites (tertiary alicyclic amines) is 1. The molecule has 1 aliphatic rings. The van der Waals surface area contributed by atoms with Crippen molar-refractivity contribution in [3.8, 4) is 11.3 Å². The summed E-state index contributed by atoms with van der Waals surface area (Å²) in [5.74, 6) is 1.97. The molecule has 0 bridgehead atoms. The zero-order valence-electron chi connectivity index (χ0n) is 18.8. The van der Waals surface area contributed by atoms with Gasteiger partial charge in [-0.25, -0.2) is 9.97 Å². The van der Waals surface area contributed by atoms with Crippen LogP contribution in [0.4, 0.5) is 0 Å². The maximum atomic E-state index is 12.8. The number of hydrogen-bond acceptors (Lipinski definition) is 5. The first-order valence-corrected chi connectivity index (χ1v) is 10.9. The van der Waals surface area contributed by atoms with Gasteiger partial charge in [0, 0.05) is 36.7 Å². The minimum atomic E-state index is -0.142. The van der Waals surface area contributed by atoms with Crippen LogP contribution in [0, 0.1) is 6.92 Å². The Morgan fingerprint density at radius 2 is 1.87 bits per heavy atom. The molecule has 0 saturated carbocycles.